The highest BCUT2D eigenvalue weighted by Gasteiger charge is 2.30. The van der Waals surface area contributed by atoms with Gasteiger partial charge in [0, 0.05) is 0 Å². The van der Waals surface area contributed by atoms with Gasteiger partial charge >= 0.3 is 5.97 Å². The van der Waals surface area contributed by atoms with E-state index in [0.29, 0.717) is 0 Å². The second kappa shape index (κ2) is 3.37. The lowest BCUT2D eigenvalue weighted by molar-refractivity contribution is -0.316. The summed E-state index contributed by atoms with van der Waals surface area (Å²) in [5.41, 5.74) is -1.55. The Hall–Kier alpha value is -1.06. The molecule has 0 aromatic heterocycles. The third-order valence-corrected chi connectivity index (χ3v) is 1.30. The Morgan fingerprint density at radius 1 is 1.45 bits per heavy atom. The van der Waals surface area contributed by atoms with Gasteiger partial charge in [-0.15, -0.1) is 0 Å². The maximum Gasteiger partial charge on any atom is 0.317 e. The summed E-state index contributed by atoms with van der Waals surface area (Å²) in [4.78, 5) is 21.2. The SMILES string of the molecule is CCOC(=O)C(C)(C)C(=O)[O-]. The first-order chi connectivity index (χ1) is 4.92. The molecule has 0 fully saturated rings. The number of carboxylic acids is 1. The number of ether oxygens (including phenoxy) is 1. The molecule has 0 saturated carbocycles. The molecule has 0 atom stereocenters. The van der Waals surface area contributed by atoms with Gasteiger partial charge in [-0.05, 0) is 20.8 Å². The summed E-state index contributed by atoms with van der Waals surface area (Å²) < 4.78 is 4.51. The molecule has 0 amide bonds. The van der Waals surface area contributed by atoms with Crippen LogP contribution < -0.4 is 5.11 Å². The topological polar surface area (TPSA) is 66.4 Å². The van der Waals surface area contributed by atoms with Crippen LogP contribution in [0.3, 0.4) is 0 Å². The Bertz CT molecular complexity index is 171. The van der Waals surface area contributed by atoms with E-state index in [4.69, 9.17) is 0 Å². The van der Waals surface area contributed by atoms with Crippen LogP contribution in [0.25, 0.3) is 0 Å². The Morgan fingerprint density at radius 3 is 2.18 bits per heavy atom. The maximum absolute atomic E-state index is 10.9. The van der Waals surface area contributed by atoms with Crippen molar-refractivity contribution in [2.24, 2.45) is 5.41 Å². The van der Waals surface area contributed by atoms with Crippen LogP contribution >= 0.6 is 0 Å². The van der Waals surface area contributed by atoms with Crippen molar-refractivity contribution in [1.29, 1.82) is 0 Å². The van der Waals surface area contributed by atoms with Crippen LogP contribution in [0.5, 0.6) is 0 Å². The highest BCUT2D eigenvalue weighted by Crippen LogP contribution is 2.15. The normalized spacial score (nSPS) is 10.8. The number of rotatable bonds is 3. The number of esters is 1. The number of hydrogen-bond acceptors (Lipinski definition) is 4. The van der Waals surface area contributed by atoms with E-state index in [1.54, 1.807) is 6.92 Å². The van der Waals surface area contributed by atoms with E-state index in [1.165, 1.54) is 13.8 Å². The van der Waals surface area contributed by atoms with Crippen LogP contribution in [0, 0.1) is 5.41 Å². The number of hydrogen-bond donors (Lipinski definition) is 0. The standard InChI is InChI=1S/C7H12O4/c1-4-11-6(10)7(2,3)5(8)9/h4H2,1-3H3,(H,8,9)/p-1. The fraction of sp³-hybridized carbons (Fsp3) is 0.714. The van der Waals surface area contributed by atoms with Gasteiger partial charge in [0.25, 0.3) is 0 Å². The number of carboxylic acid groups (broad SMARTS) is 1. The predicted molar refractivity (Wildman–Crippen MR) is 35.4 cm³/mol. The Balaban J connectivity index is 4.30. The van der Waals surface area contributed by atoms with Crippen LogP contribution in [0.1, 0.15) is 20.8 Å². The van der Waals surface area contributed by atoms with E-state index in [-0.39, 0.29) is 6.61 Å². The van der Waals surface area contributed by atoms with Crippen molar-refractivity contribution in [3.63, 3.8) is 0 Å². The summed E-state index contributed by atoms with van der Waals surface area (Å²) in [6.07, 6.45) is 0. The quantitative estimate of drug-likeness (QED) is 0.404. The van der Waals surface area contributed by atoms with Gasteiger partial charge in [-0.25, -0.2) is 0 Å². The number of carbonyl (C=O) groups excluding carboxylic acids is 2. The van der Waals surface area contributed by atoms with E-state index >= 15 is 0 Å². The summed E-state index contributed by atoms with van der Waals surface area (Å²) in [5.74, 6) is -2.18. The molecule has 0 aromatic rings. The minimum atomic E-state index is -1.55. The van der Waals surface area contributed by atoms with Gasteiger partial charge in [0.15, 0.2) is 0 Å². The molecule has 0 aliphatic carbocycles. The molecule has 0 heterocycles. The minimum Gasteiger partial charge on any atom is -0.549 e. The predicted octanol–water partition coefficient (Wildman–Crippen LogP) is -0.674. The molecule has 0 aromatic carbocycles. The van der Waals surface area contributed by atoms with E-state index in [1.807, 2.05) is 0 Å². The molecule has 0 aliphatic heterocycles. The van der Waals surface area contributed by atoms with Gasteiger partial charge in [-0.2, -0.15) is 0 Å². The second-order valence-corrected chi connectivity index (χ2v) is 2.63. The van der Waals surface area contributed by atoms with Crippen LogP contribution in [0.4, 0.5) is 0 Å². The van der Waals surface area contributed by atoms with Crippen molar-refractivity contribution in [2.45, 2.75) is 20.8 Å². The molecule has 0 bridgehead atoms. The summed E-state index contributed by atoms with van der Waals surface area (Å²) in [7, 11) is 0. The third-order valence-electron chi connectivity index (χ3n) is 1.30. The van der Waals surface area contributed by atoms with Crippen molar-refractivity contribution < 1.29 is 19.4 Å². The van der Waals surface area contributed by atoms with Crippen molar-refractivity contribution in [1.82, 2.24) is 0 Å². The van der Waals surface area contributed by atoms with Crippen LogP contribution in [0.2, 0.25) is 0 Å². The molecule has 4 heteroatoms. The summed E-state index contributed by atoms with van der Waals surface area (Å²) in [6, 6.07) is 0. The smallest absolute Gasteiger partial charge is 0.317 e. The molecule has 64 valence electrons. The average Bonchev–Trinajstić information content (AvgIpc) is 1.88. The van der Waals surface area contributed by atoms with Gasteiger partial charge in [0.05, 0.1) is 12.6 Å². The third kappa shape index (κ3) is 2.22. The zero-order valence-corrected chi connectivity index (χ0v) is 6.84. The molecule has 4 nitrogen and oxygen atoms in total. The molecular weight excluding hydrogens is 148 g/mol. The maximum atomic E-state index is 10.9. The van der Waals surface area contributed by atoms with Crippen molar-refractivity contribution >= 4 is 11.9 Å². The van der Waals surface area contributed by atoms with Crippen molar-refractivity contribution in [3.05, 3.63) is 0 Å². The fourth-order valence-electron chi connectivity index (χ4n) is 0.395. The summed E-state index contributed by atoms with van der Waals surface area (Å²) in [6.45, 7) is 4.29. The summed E-state index contributed by atoms with van der Waals surface area (Å²) in [5, 5.41) is 10.3. The second-order valence-electron chi connectivity index (χ2n) is 2.63. The molecular formula is C7H11O4-. The van der Waals surface area contributed by atoms with Crippen molar-refractivity contribution in [2.75, 3.05) is 6.61 Å². The molecule has 0 aliphatic rings. The average molecular weight is 159 g/mol. The number of carbonyl (C=O) groups is 2. The molecule has 11 heavy (non-hydrogen) atoms. The molecule has 0 N–H and O–H groups in total. The first-order valence-electron chi connectivity index (χ1n) is 3.31. The molecule has 0 unspecified atom stereocenters. The molecule has 0 rings (SSSR count). The fourth-order valence-corrected chi connectivity index (χ4v) is 0.395. The largest absolute Gasteiger partial charge is 0.549 e. The van der Waals surface area contributed by atoms with Gasteiger partial charge < -0.3 is 14.6 Å². The lowest BCUT2D eigenvalue weighted by Gasteiger charge is -2.22. The van der Waals surface area contributed by atoms with E-state index in [2.05, 4.69) is 4.74 Å². The molecule has 0 saturated heterocycles. The zero-order valence-electron chi connectivity index (χ0n) is 6.84. The zero-order chi connectivity index (χ0) is 9.07. The van der Waals surface area contributed by atoms with E-state index in [9.17, 15) is 14.7 Å². The summed E-state index contributed by atoms with van der Waals surface area (Å²) >= 11 is 0. The highest BCUT2D eigenvalue weighted by molar-refractivity contribution is 5.97. The van der Waals surface area contributed by atoms with Crippen LogP contribution in [0.15, 0.2) is 0 Å². The molecule has 0 spiro atoms. The van der Waals surface area contributed by atoms with Gasteiger partial charge in [-0.3, -0.25) is 4.79 Å². The Labute approximate surface area is 65.2 Å². The minimum absolute atomic E-state index is 0.176. The van der Waals surface area contributed by atoms with Crippen molar-refractivity contribution in [3.8, 4) is 0 Å². The van der Waals surface area contributed by atoms with Gasteiger partial charge in [-0.1, -0.05) is 0 Å². The first kappa shape index (κ1) is 9.94. The Kier molecular flexibility index (Phi) is 3.04. The van der Waals surface area contributed by atoms with Crippen LogP contribution in [-0.4, -0.2) is 18.5 Å². The van der Waals surface area contributed by atoms with E-state index < -0.39 is 17.4 Å². The monoisotopic (exact) mass is 159 g/mol. The molecule has 0 radical (unpaired) electrons. The lowest BCUT2D eigenvalue weighted by Crippen LogP contribution is -2.44. The number of aliphatic carboxylic acids is 1. The lowest BCUT2D eigenvalue weighted by atomic mass is 9.94. The highest BCUT2D eigenvalue weighted by atomic mass is 16.5. The van der Waals surface area contributed by atoms with Gasteiger partial charge in [0.1, 0.15) is 5.41 Å². The first-order valence-corrected chi connectivity index (χ1v) is 3.31. The van der Waals surface area contributed by atoms with Crippen LogP contribution in [-0.2, 0) is 14.3 Å². The van der Waals surface area contributed by atoms with Gasteiger partial charge in [0.2, 0.25) is 0 Å². The Morgan fingerprint density at radius 2 is 1.91 bits per heavy atom. The van der Waals surface area contributed by atoms with E-state index in [0.717, 1.165) is 0 Å².